The maximum Gasteiger partial charge on any atom is 0.221 e. The molecule has 1 amide bonds. The fourth-order valence-electron chi connectivity index (χ4n) is 4.72. The molecule has 0 bridgehead atoms. The maximum atomic E-state index is 11.5. The van der Waals surface area contributed by atoms with Crippen molar-refractivity contribution in [2.75, 3.05) is 39.8 Å². The summed E-state index contributed by atoms with van der Waals surface area (Å²) in [5.41, 5.74) is 8.03. The number of piperidine rings is 2. The lowest BCUT2D eigenvalue weighted by Crippen LogP contribution is -2.48. The number of carbonyl (C=O) groups is 1. The number of nitrogens with one attached hydrogen (secondary N) is 2. The Morgan fingerprint density at radius 2 is 1.91 bits per heavy atom. The molecule has 0 spiro atoms. The lowest BCUT2D eigenvalue weighted by molar-refractivity contribution is -0.123. The Balaban J connectivity index is 0.00000363. The zero-order chi connectivity index (χ0) is 22.1. The second kappa shape index (κ2) is 14.0. The Hall–Kier alpha value is -1.39. The van der Waals surface area contributed by atoms with Gasteiger partial charge >= 0.3 is 0 Å². The van der Waals surface area contributed by atoms with Crippen LogP contribution in [0.25, 0.3) is 0 Å². The van der Waals surface area contributed by atoms with Gasteiger partial charge in [-0.05, 0) is 56.3 Å². The summed E-state index contributed by atoms with van der Waals surface area (Å²) < 4.78 is 0. The number of carbonyl (C=O) groups excluding carboxylic acids is 1. The molecular formula is C24H41IN6O. The second-order valence-electron chi connectivity index (χ2n) is 8.98. The van der Waals surface area contributed by atoms with Crippen molar-refractivity contribution in [2.24, 2.45) is 16.6 Å². The van der Waals surface area contributed by atoms with Crippen molar-refractivity contribution in [3.05, 3.63) is 35.4 Å². The highest BCUT2D eigenvalue weighted by Crippen LogP contribution is 2.19. The zero-order valence-corrected chi connectivity index (χ0v) is 22.0. The van der Waals surface area contributed by atoms with Crippen LogP contribution in [0.3, 0.4) is 0 Å². The molecule has 2 heterocycles. The van der Waals surface area contributed by atoms with Crippen LogP contribution in [0.15, 0.2) is 29.3 Å². The van der Waals surface area contributed by atoms with E-state index in [2.05, 4.69) is 56.6 Å². The van der Waals surface area contributed by atoms with Gasteiger partial charge in [0.15, 0.2) is 5.96 Å². The van der Waals surface area contributed by atoms with Crippen LogP contribution in [-0.2, 0) is 17.9 Å². The van der Waals surface area contributed by atoms with E-state index in [1.54, 1.807) is 0 Å². The Kier molecular flexibility index (Phi) is 11.7. The first-order valence-electron chi connectivity index (χ1n) is 11.9. The summed E-state index contributed by atoms with van der Waals surface area (Å²) in [5.74, 6) is 0.694. The lowest BCUT2D eigenvalue weighted by atomic mass is 9.97. The average Bonchev–Trinajstić information content (AvgIpc) is 2.78. The number of nitrogens with two attached hydrogens (primary N) is 1. The van der Waals surface area contributed by atoms with Gasteiger partial charge in [0.25, 0.3) is 0 Å². The first-order chi connectivity index (χ1) is 15.1. The minimum Gasteiger partial charge on any atom is -0.369 e. The number of benzene rings is 1. The molecule has 2 fully saturated rings. The Morgan fingerprint density at radius 3 is 2.59 bits per heavy atom. The number of hydrogen-bond donors (Lipinski definition) is 3. The molecule has 1 aromatic rings. The van der Waals surface area contributed by atoms with Crippen molar-refractivity contribution in [1.29, 1.82) is 0 Å². The van der Waals surface area contributed by atoms with E-state index in [4.69, 9.17) is 5.73 Å². The van der Waals surface area contributed by atoms with Crippen LogP contribution in [0.5, 0.6) is 0 Å². The molecule has 3 rings (SSSR count). The Labute approximate surface area is 210 Å². The summed E-state index contributed by atoms with van der Waals surface area (Å²) in [7, 11) is 1.84. The number of aliphatic imine (C=N–C) groups is 1. The van der Waals surface area contributed by atoms with E-state index < -0.39 is 0 Å². The van der Waals surface area contributed by atoms with Gasteiger partial charge in [-0.1, -0.05) is 31.2 Å². The minimum atomic E-state index is -0.169. The summed E-state index contributed by atoms with van der Waals surface area (Å²) in [6.07, 6.45) is 5.51. The summed E-state index contributed by atoms with van der Waals surface area (Å²) in [4.78, 5) is 20.9. The molecule has 180 valence electrons. The summed E-state index contributed by atoms with van der Waals surface area (Å²) in [6, 6.07) is 9.16. The van der Waals surface area contributed by atoms with E-state index >= 15 is 0 Å². The molecule has 2 aliphatic rings. The topological polar surface area (TPSA) is 86.0 Å². The molecule has 8 heteroatoms. The molecule has 2 aliphatic heterocycles. The molecular weight excluding hydrogens is 515 g/mol. The van der Waals surface area contributed by atoms with Crippen LogP contribution < -0.4 is 16.4 Å². The molecule has 0 aromatic heterocycles. The van der Waals surface area contributed by atoms with Crippen LogP contribution in [0.2, 0.25) is 0 Å². The number of nitrogens with zero attached hydrogens (tertiary/aromatic N) is 3. The maximum absolute atomic E-state index is 11.5. The van der Waals surface area contributed by atoms with Gasteiger partial charge in [-0.2, -0.15) is 0 Å². The Bertz CT molecular complexity index is 735. The van der Waals surface area contributed by atoms with Crippen molar-refractivity contribution in [3.63, 3.8) is 0 Å². The standard InChI is InChI=1S/C24H40N6O.HI/c1-3-11-29-13-9-22(10-14-29)28-24(26-2)27-16-19-6-4-7-20(15-19)17-30-12-5-8-21(18-30)23(25)31;/h4,6-7,15,21-22H,3,5,8-14,16-18H2,1-2H3,(H2,25,31)(H2,26,27,28);1H. The van der Waals surface area contributed by atoms with Gasteiger partial charge in [-0.15, -0.1) is 24.0 Å². The van der Waals surface area contributed by atoms with E-state index in [1.807, 2.05) is 7.05 Å². The highest BCUT2D eigenvalue weighted by Gasteiger charge is 2.24. The largest absolute Gasteiger partial charge is 0.369 e. The first kappa shape index (κ1) is 26.9. The smallest absolute Gasteiger partial charge is 0.221 e. The van der Waals surface area contributed by atoms with Crippen LogP contribution in [0.4, 0.5) is 0 Å². The molecule has 4 N–H and O–H groups in total. The van der Waals surface area contributed by atoms with E-state index in [0.717, 1.165) is 70.9 Å². The Morgan fingerprint density at radius 1 is 1.16 bits per heavy atom. The third kappa shape index (κ3) is 8.51. The molecule has 1 aromatic carbocycles. The summed E-state index contributed by atoms with van der Waals surface area (Å²) in [6.45, 7) is 9.18. The fourth-order valence-corrected chi connectivity index (χ4v) is 4.72. The quantitative estimate of drug-likeness (QED) is 0.261. The highest BCUT2D eigenvalue weighted by molar-refractivity contribution is 14.0. The SMILES string of the molecule is CCCN1CCC(NC(=NC)NCc2cccc(CN3CCCC(C(N)=O)C3)c2)CC1.I. The van der Waals surface area contributed by atoms with E-state index in [9.17, 15) is 4.79 Å². The van der Waals surface area contributed by atoms with Crippen LogP contribution in [0, 0.1) is 5.92 Å². The third-order valence-corrected chi connectivity index (χ3v) is 6.46. The lowest BCUT2D eigenvalue weighted by Gasteiger charge is -2.32. The minimum absolute atomic E-state index is 0. The van der Waals surface area contributed by atoms with E-state index in [0.29, 0.717) is 6.04 Å². The van der Waals surface area contributed by atoms with E-state index in [-0.39, 0.29) is 35.8 Å². The van der Waals surface area contributed by atoms with Gasteiger partial charge in [0.1, 0.15) is 0 Å². The fraction of sp³-hybridized carbons (Fsp3) is 0.667. The van der Waals surface area contributed by atoms with Gasteiger partial charge in [0.2, 0.25) is 5.91 Å². The van der Waals surface area contributed by atoms with Crippen LogP contribution >= 0.6 is 24.0 Å². The molecule has 1 atom stereocenters. The molecule has 2 saturated heterocycles. The molecule has 0 radical (unpaired) electrons. The molecule has 7 nitrogen and oxygen atoms in total. The predicted molar refractivity (Wildman–Crippen MR) is 142 cm³/mol. The van der Waals surface area contributed by atoms with Crippen molar-refractivity contribution >= 4 is 35.8 Å². The number of guanidine groups is 1. The van der Waals surface area contributed by atoms with Gasteiger partial charge in [-0.3, -0.25) is 14.7 Å². The first-order valence-corrected chi connectivity index (χ1v) is 11.9. The van der Waals surface area contributed by atoms with Crippen LogP contribution in [-0.4, -0.2) is 67.5 Å². The number of likely N-dealkylation sites (tertiary alicyclic amines) is 2. The zero-order valence-electron chi connectivity index (χ0n) is 19.7. The van der Waals surface area contributed by atoms with E-state index in [1.165, 1.54) is 24.1 Å². The van der Waals surface area contributed by atoms with Gasteiger partial charge in [0, 0.05) is 45.8 Å². The number of rotatable bonds is 8. The normalized spacial score (nSPS) is 21.1. The highest BCUT2D eigenvalue weighted by atomic mass is 127. The summed E-state index contributed by atoms with van der Waals surface area (Å²) in [5, 5.41) is 7.07. The number of hydrogen-bond acceptors (Lipinski definition) is 4. The number of amides is 1. The van der Waals surface area contributed by atoms with Gasteiger partial charge < -0.3 is 21.3 Å². The third-order valence-electron chi connectivity index (χ3n) is 6.46. The van der Waals surface area contributed by atoms with Crippen molar-refractivity contribution < 1.29 is 4.79 Å². The van der Waals surface area contributed by atoms with Gasteiger partial charge in [0.05, 0.1) is 5.92 Å². The number of halogens is 1. The van der Waals surface area contributed by atoms with Crippen molar-refractivity contribution in [3.8, 4) is 0 Å². The second-order valence-corrected chi connectivity index (χ2v) is 8.98. The predicted octanol–water partition coefficient (Wildman–Crippen LogP) is 2.54. The number of primary amides is 1. The summed E-state index contributed by atoms with van der Waals surface area (Å²) >= 11 is 0. The molecule has 0 saturated carbocycles. The molecule has 32 heavy (non-hydrogen) atoms. The molecule has 0 aliphatic carbocycles. The van der Waals surface area contributed by atoms with Crippen molar-refractivity contribution in [1.82, 2.24) is 20.4 Å². The van der Waals surface area contributed by atoms with Gasteiger partial charge in [-0.25, -0.2) is 0 Å². The molecule has 1 unspecified atom stereocenters. The monoisotopic (exact) mass is 556 g/mol. The van der Waals surface area contributed by atoms with Crippen LogP contribution in [0.1, 0.15) is 50.2 Å². The average molecular weight is 557 g/mol. The van der Waals surface area contributed by atoms with Crippen molar-refractivity contribution in [2.45, 2.75) is 58.2 Å².